The van der Waals surface area contributed by atoms with Crippen molar-refractivity contribution >= 4 is 28.0 Å². The lowest BCUT2D eigenvalue weighted by atomic mass is 10.0. The Bertz CT molecular complexity index is 522. The van der Waals surface area contributed by atoms with E-state index >= 15 is 0 Å². The third kappa shape index (κ3) is 1.92. The molecule has 0 saturated carbocycles. The molecule has 2 nitrogen and oxygen atoms in total. The van der Waals surface area contributed by atoms with Crippen molar-refractivity contribution in [1.29, 1.82) is 0 Å². The second kappa shape index (κ2) is 3.87. The molecular weight excluding hydrogens is 206 g/mol. The molecular formula is C12H11NOS. The van der Waals surface area contributed by atoms with Gasteiger partial charge in [0.1, 0.15) is 5.75 Å². The van der Waals surface area contributed by atoms with Gasteiger partial charge in [0, 0.05) is 12.0 Å². The molecule has 0 bridgehead atoms. The van der Waals surface area contributed by atoms with Crippen LogP contribution in [0.3, 0.4) is 0 Å². The molecule has 0 fully saturated rings. The van der Waals surface area contributed by atoms with E-state index in [-0.39, 0.29) is 5.75 Å². The fourth-order valence-electron chi connectivity index (χ4n) is 1.68. The minimum Gasteiger partial charge on any atom is -0.508 e. The molecule has 3 N–H and O–H groups in total. The van der Waals surface area contributed by atoms with E-state index in [9.17, 15) is 5.11 Å². The van der Waals surface area contributed by atoms with Crippen LogP contribution in [0.5, 0.6) is 5.75 Å². The lowest BCUT2D eigenvalue weighted by Crippen LogP contribution is -2.11. The van der Waals surface area contributed by atoms with Crippen LogP contribution in [-0.2, 0) is 6.42 Å². The van der Waals surface area contributed by atoms with Crippen molar-refractivity contribution < 1.29 is 5.11 Å². The van der Waals surface area contributed by atoms with Gasteiger partial charge in [0.15, 0.2) is 0 Å². The fraction of sp³-hybridized carbons (Fsp3) is 0.0833. The van der Waals surface area contributed by atoms with Crippen LogP contribution in [-0.4, -0.2) is 10.1 Å². The smallest absolute Gasteiger partial charge is 0.119 e. The minimum atomic E-state index is 0.251. The van der Waals surface area contributed by atoms with Gasteiger partial charge in [-0.2, -0.15) is 0 Å². The Kier molecular flexibility index (Phi) is 2.56. The first-order valence-electron chi connectivity index (χ1n) is 4.66. The van der Waals surface area contributed by atoms with E-state index in [0.29, 0.717) is 11.4 Å². The van der Waals surface area contributed by atoms with E-state index < -0.39 is 0 Å². The Morgan fingerprint density at radius 3 is 2.67 bits per heavy atom. The average Bonchev–Trinajstić information content (AvgIpc) is 2.22. The molecule has 76 valence electrons. The van der Waals surface area contributed by atoms with Gasteiger partial charge in [0.2, 0.25) is 0 Å². The first-order chi connectivity index (χ1) is 7.18. The third-order valence-corrected chi connectivity index (χ3v) is 2.51. The van der Waals surface area contributed by atoms with Crippen LogP contribution in [0.15, 0.2) is 36.4 Å². The van der Waals surface area contributed by atoms with Gasteiger partial charge in [-0.15, -0.1) is 0 Å². The largest absolute Gasteiger partial charge is 0.508 e. The first kappa shape index (κ1) is 9.93. The Labute approximate surface area is 93.3 Å². The van der Waals surface area contributed by atoms with Crippen molar-refractivity contribution in [2.75, 3.05) is 0 Å². The Morgan fingerprint density at radius 1 is 1.20 bits per heavy atom. The molecule has 2 rings (SSSR count). The van der Waals surface area contributed by atoms with Gasteiger partial charge in [-0.05, 0) is 16.8 Å². The lowest BCUT2D eigenvalue weighted by Gasteiger charge is -2.07. The topological polar surface area (TPSA) is 46.2 Å². The maximum absolute atomic E-state index is 9.74. The summed E-state index contributed by atoms with van der Waals surface area (Å²) in [6.45, 7) is 0. The highest BCUT2D eigenvalue weighted by Crippen LogP contribution is 2.27. The summed E-state index contributed by atoms with van der Waals surface area (Å²) in [7, 11) is 0. The van der Waals surface area contributed by atoms with Crippen molar-refractivity contribution in [1.82, 2.24) is 0 Å². The zero-order valence-corrected chi connectivity index (χ0v) is 8.92. The van der Waals surface area contributed by atoms with Crippen molar-refractivity contribution in [3.05, 3.63) is 42.0 Å². The van der Waals surface area contributed by atoms with Gasteiger partial charge in [-0.3, -0.25) is 0 Å². The third-order valence-electron chi connectivity index (χ3n) is 2.37. The molecule has 0 aliphatic carbocycles. The summed E-state index contributed by atoms with van der Waals surface area (Å²) < 4.78 is 0. The summed E-state index contributed by atoms with van der Waals surface area (Å²) >= 11 is 4.87. The highest BCUT2D eigenvalue weighted by Gasteiger charge is 2.07. The first-order valence-corrected chi connectivity index (χ1v) is 5.07. The van der Waals surface area contributed by atoms with E-state index in [0.717, 1.165) is 16.3 Å². The van der Waals surface area contributed by atoms with Crippen LogP contribution in [0.25, 0.3) is 10.8 Å². The van der Waals surface area contributed by atoms with E-state index in [4.69, 9.17) is 18.0 Å². The number of phenolic OH excluding ortho intramolecular Hbond substituents is 1. The van der Waals surface area contributed by atoms with E-state index in [1.54, 1.807) is 6.07 Å². The van der Waals surface area contributed by atoms with Crippen LogP contribution in [0.4, 0.5) is 0 Å². The average molecular weight is 217 g/mol. The quantitative estimate of drug-likeness (QED) is 0.759. The SMILES string of the molecule is NC(=S)Cc1c(O)ccc2ccccc12. The van der Waals surface area contributed by atoms with Crippen LogP contribution in [0.2, 0.25) is 0 Å². The Balaban J connectivity index is 2.68. The molecule has 0 aliphatic rings. The standard InChI is InChI=1S/C12H11NOS/c13-12(15)7-10-9-4-2-1-3-8(9)5-6-11(10)14/h1-6,14H,7H2,(H2,13,15). The summed E-state index contributed by atoms with van der Waals surface area (Å²) in [5.41, 5.74) is 6.31. The highest BCUT2D eigenvalue weighted by atomic mass is 32.1. The van der Waals surface area contributed by atoms with Crippen molar-refractivity contribution in [2.24, 2.45) is 5.73 Å². The second-order valence-corrected chi connectivity index (χ2v) is 3.95. The van der Waals surface area contributed by atoms with E-state index in [1.807, 2.05) is 30.3 Å². The van der Waals surface area contributed by atoms with Gasteiger partial charge >= 0.3 is 0 Å². The molecule has 0 amide bonds. The molecule has 0 aliphatic heterocycles. The van der Waals surface area contributed by atoms with Crippen molar-refractivity contribution in [3.63, 3.8) is 0 Å². The molecule has 0 spiro atoms. The number of hydrogen-bond acceptors (Lipinski definition) is 2. The highest BCUT2D eigenvalue weighted by molar-refractivity contribution is 7.80. The maximum atomic E-state index is 9.74. The van der Waals surface area contributed by atoms with Gasteiger partial charge in [-0.1, -0.05) is 42.5 Å². The number of fused-ring (bicyclic) bond motifs is 1. The number of rotatable bonds is 2. The number of nitrogens with two attached hydrogens (primary N) is 1. The van der Waals surface area contributed by atoms with Crippen molar-refractivity contribution in [2.45, 2.75) is 6.42 Å². The monoisotopic (exact) mass is 217 g/mol. The molecule has 0 saturated heterocycles. The predicted octanol–water partition coefficient (Wildman–Crippen LogP) is 2.37. The Morgan fingerprint density at radius 2 is 1.93 bits per heavy atom. The van der Waals surface area contributed by atoms with Crippen LogP contribution in [0.1, 0.15) is 5.56 Å². The zero-order valence-electron chi connectivity index (χ0n) is 8.10. The lowest BCUT2D eigenvalue weighted by molar-refractivity contribution is 0.471. The van der Waals surface area contributed by atoms with E-state index in [2.05, 4.69) is 0 Å². The molecule has 0 unspecified atom stereocenters. The van der Waals surface area contributed by atoms with Crippen LogP contribution >= 0.6 is 12.2 Å². The molecule has 15 heavy (non-hydrogen) atoms. The molecule has 0 radical (unpaired) electrons. The summed E-state index contributed by atoms with van der Waals surface area (Å²) in [6, 6.07) is 11.4. The molecule has 0 aromatic heterocycles. The number of phenols is 1. The number of thiocarbonyl (C=S) groups is 1. The molecule has 2 aromatic rings. The fourth-order valence-corrected chi connectivity index (χ4v) is 1.83. The molecule has 0 heterocycles. The predicted molar refractivity (Wildman–Crippen MR) is 66.1 cm³/mol. The molecule has 2 aromatic carbocycles. The molecule has 0 atom stereocenters. The summed E-state index contributed by atoms with van der Waals surface area (Å²) in [6.07, 6.45) is 0.433. The van der Waals surface area contributed by atoms with E-state index in [1.165, 1.54) is 0 Å². The van der Waals surface area contributed by atoms with Crippen LogP contribution in [0, 0.1) is 0 Å². The minimum absolute atomic E-state index is 0.251. The van der Waals surface area contributed by atoms with Gasteiger partial charge in [0.05, 0.1) is 4.99 Å². The van der Waals surface area contributed by atoms with Gasteiger partial charge in [-0.25, -0.2) is 0 Å². The Hall–Kier alpha value is -1.61. The normalized spacial score (nSPS) is 10.4. The van der Waals surface area contributed by atoms with Gasteiger partial charge < -0.3 is 10.8 Å². The summed E-state index contributed by atoms with van der Waals surface area (Å²) in [5.74, 6) is 0.251. The number of hydrogen-bond donors (Lipinski definition) is 2. The summed E-state index contributed by atoms with van der Waals surface area (Å²) in [4.78, 5) is 0.390. The zero-order chi connectivity index (χ0) is 10.8. The second-order valence-electron chi connectivity index (χ2n) is 3.43. The summed E-state index contributed by atoms with van der Waals surface area (Å²) in [5, 5.41) is 11.8. The number of aromatic hydroxyl groups is 1. The maximum Gasteiger partial charge on any atom is 0.119 e. The molecule has 3 heteroatoms. The van der Waals surface area contributed by atoms with Crippen molar-refractivity contribution in [3.8, 4) is 5.75 Å². The number of benzene rings is 2. The van der Waals surface area contributed by atoms with Gasteiger partial charge in [0.25, 0.3) is 0 Å². The van der Waals surface area contributed by atoms with Crippen LogP contribution < -0.4 is 5.73 Å².